The second kappa shape index (κ2) is 28.2. The Labute approximate surface area is 538 Å². The number of carbonyl (C=O) groups excluding carboxylic acids is 5. The Kier molecular flexibility index (Phi) is 20.3. The highest BCUT2D eigenvalue weighted by atomic mass is 32.2. The number of hydrogen-bond donors (Lipinski definition) is 4. The number of pyridine rings is 1. The molecule has 5 aromatic carbocycles. The highest BCUT2D eigenvalue weighted by Crippen LogP contribution is 2.37. The van der Waals surface area contributed by atoms with Gasteiger partial charge in [-0.25, -0.2) is 19.2 Å². The van der Waals surface area contributed by atoms with Crippen molar-refractivity contribution >= 4 is 96.2 Å². The summed E-state index contributed by atoms with van der Waals surface area (Å²) < 4.78 is 17.9. The zero-order valence-electron chi connectivity index (χ0n) is 53.0. The molecule has 2 saturated heterocycles. The minimum Gasteiger partial charge on any atom is -0.372 e. The van der Waals surface area contributed by atoms with Crippen molar-refractivity contribution in [2.75, 3.05) is 53.2 Å². The van der Waals surface area contributed by atoms with Gasteiger partial charge in [0.05, 0.1) is 37.2 Å². The SMILES string of the molecule is Cc1c(-c2ccc(N3CCc4cccc(C(=O)Nc5nc6ccccc6s5)c4C3)nc2C(=O)NS(=O)c2ccc(N3CCC(C(=O)NC(C(=O)N4CCCC4C)C(C)(C)C)CC3)cc2)cccc1N(C)C(C)C.Cc1ncsc1-c1ccc(C(C)NC=O)cc1. The lowest BCUT2D eigenvalue weighted by molar-refractivity contribution is -0.141. The van der Waals surface area contributed by atoms with Crippen molar-refractivity contribution in [2.24, 2.45) is 11.3 Å². The average molecular weight is 1270 g/mol. The van der Waals surface area contributed by atoms with E-state index in [4.69, 9.17) is 4.98 Å². The van der Waals surface area contributed by atoms with Gasteiger partial charge in [-0.3, -0.25) is 34.0 Å². The monoisotopic (exact) mass is 1270 g/mol. The third kappa shape index (κ3) is 14.6. The zero-order valence-corrected chi connectivity index (χ0v) is 55.4. The summed E-state index contributed by atoms with van der Waals surface area (Å²) in [5.41, 5.74) is 12.6. The summed E-state index contributed by atoms with van der Waals surface area (Å²) >= 11 is 3.08. The number of thiazole rings is 2. The van der Waals surface area contributed by atoms with E-state index in [1.165, 1.54) is 21.8 Å². The fourth-order valence-corrected chi connectivity index (χ4v) is 14.5. The second-order valence-electron chi connectivity index (χ2n) is 25.0. The van der Waals surface area contributed by atoms with Crippen LogP contribution in [0.1, 0.15) is 129 Å². The van der Waals surface area contributed by atoms with Crippen molar-refractivity contribution in [3.05, 3.63) is 166 Å². The third-order valence-electron chi connectivity index (χ3n) is 17.6. The van der Waals surface area contributed by atoms with Gasteiger partial charge in [0.1, 0.15) is 17.6 Å². The molecular weight excluding hydrogens is 1190 g/mol. The molecule has 0 bridgehead atoms. The minimum atomic E-state index is -1.93. The van der Waals surface area contributed by atoms with Crippen LogP contribution in [0.3, 0.4) is 0 Å². The van der Waals surface area contributed by atoms with Crippen LogP contribution in [0.15, 0.2) is 132 Å². The van der Waals surface area contributed by atoms with Gasteiger partial charge in [0, 0.05) is 80.3 Å². The first-order chi connectivity index (χ1) is 43.2. The van der Waals surface area contributed by atoms with Crippen molar-refractivity contribution in [3.8, 4) is 21.6 Å². The number of fused-ring (bicyclic) bond motifs is 2. The molecule has 4 N–H and O–H groups in total. The smallest absolute Gasteiger partial charge is 0.282 e. The Hall–Kier alpha value is -8.33. The normalized spacial score (nSPS) is 16.1. The standard InChI is InChI=1S/C57H67N9O5S2.C13H14N2OS/c1-35(2)63(8)47-19-12-16-42(37(47)4)43-25-26-49(65-33-27-38-15-11-17-44(45(38)34-65)53(68)61-56-58-46-18-9-10-20-48(46)72-56)59-50(43)54(69)62-73(71)41-23-21-40(22-24-41)64-31-28-39(29-32-64)52(67)60-51(57(5,6)7)55(70)66-30-13-14-36(66)3;1-9(14-7-16)11-3-5-12(6-4-11)13-10(2)15-8-17-13/h9-12,15-26,35-36,39,51H,13-14,27-34H2,1-8H3,(H,60,67)(H,62,69)(H,58,61,68);3-9H,1-2H3,(H,14,16). The molecular formula is C70H81N11O6S3. The number of rotatable bonds is 17. The number of anilines is 4. The maximum Gasteiger partial charge on any atom is 0.282 e. The van der Waals surface area contributed by atoms with Crippen LogP contribution in [-0.4, -0.2) is 105 Å². The fraction of sp³-hybridized carbons (Fsp3) is 0.371. The molecule has 470 valence electrons. The van der Waals surface area contributed by atoms with Crippen LogP contribution in [0.4, 0.5) is 22.3 Å². The minimum absolute atomic E-state index is 0.00106. The van der Waals surface area contributed by atoms with Gasteiger partial charge < -0.3 is 30.2 Å². The van der Waals surface area contributed by atoms with Crippen LogP contribution in [0.2, 0.25) is 0 Å². The van der Waals surface area contributed by atoms with Gasteiger partial charge >= 0.3 is 0 Å². The molecule has 6 heterocycles. The summed E-state index contributed by atoms with van der Waals surface area (Å²) in [4.78, 5) is 90.1. The lowest BCUT2D eigenvalue weighted by atomic mass is 9.84. The van der Waals surface area contributed by atoms with E-state index in [2.05, 4.69) is 90.4 Å². The number of aryl methyl sites for hydroxylation is 1. The molecule has 0 saturated carbocycles. The van der Waals surface area contributed by atoms with Crippen LogP contribution in [0, 0.1) is 25.2 Å². The van der Waals surface area contributed by atoms with Crippen molar-refractivity contribution < 1.29 is 28.2 Å². The van der Waals surface area contributed by atoms with Crippen molar-refractivity contribution in [1.82, 2.24) is 35.2 Å². The maximum absolute atomic E-state index is 14.6. The van der Waals surface area contributed by atoms with E-state index in [0.29, 0.717) is 72.4 Å². The summed E-state index contributed by atoms with van der Waals surface area (Å²) in [5, 5.41) is 9.44. The molecule has 0 aliphatic carbocycles. The molecule has 3 aromatic heterocycles. The predicted molar refractivity (Wildman–Crippen MR) is 364 cm³/mol. The molecule has 0 spiro atoms. The number of likely N-dealkylation sites (tertiary alicyclic amines) is 1. The maximum atomic E-state index is 14.6. The van der Waals surface area contributed by atoms with Gasteiger partial charge in [0.2, 0.25) is 18.2 Å². The summed E-state index contributed by atoms with van der Waals surface area (Å²) in [7, 11) is 0.116. The molecule has 2 fully saturated rings. The Morgan fingerprint density at radius 1 is 0.789 bits per heavy atom. The molecule has 20 heteroatoms. The Bertz CT molecular complexity index is 3890. The van der Waals surface area contributed by atoms with Gasteiger partial charge in [-0.05, 0) is 173 Å². The lowest BCUT2D eigenvalue weighted by Gasteiger charge is -2.37. The molecule has 0 radical (unpaired) electrons. The number of nitrogens with zero attached hydrogens (tertiary/aromatic N) is 7. The Balaban J connectivity index is 0.000000451. The highest BCUT2D eigenvalue weighted by molar-refractivity contribution is 7.83. The van der Waals surface area contributed by atoms with Crippen LogP contribution < -0.4 is 35.4 Å². The molecule has 11 rings (SSSR count). The van der Waals surface area contributed by atoms with Crippen LogP contribution in [0.25, 0.3) is 31.8 Å². The Morgan fingerprint density at radius 2 is 1.52 bits per heavy atom. The van der Waals surface area contributed by atoms with Gasteiger partial charge in [0.15, 0.2) is 16.1 Å². The zero-order chi connectivity index (χ0) is 64.0. The number of amides is 5. The number of para-hydroxylation sites is 1. The summed E-state index contributed by atoms with van der Waals surface area (Å²) in [6.45, 7) is 21.4. The van der Waals surface area contributed by atoms with Crippen LogP contribution in [0.5, 0.6) is 0 Å². The van der Waals surface area contributed by atoms with E-state index in [-0.39, 0.29) is 47.5 Å². The molecule has 3 aliphatic rings. The fourth-order valence-electron chi connectivity index (χ4n) is 12.1. The van der Waals surface area contributed by atoms with Gasteiger partial charge in [-0.2, -0.15) is 0 Å². The number of nitrogens with one attached hydrogen (secondary N) is 4. The first-order valence-electron chi connectivity index (χ1n) is 30.9. The molecule has 5 amide bonds. The van der Waals surface area contributed by atoms with E-state index in [9.17, 15) is 28.2 Å². The van der Waals surface area contributed by atoms with Crippen molar-refractivity contribution in [2.45, 2.75) is 130 Å². The van der Waals surface area contributed by atoms with Gasteiger partial charge in [-0.1, -0.05) is 92.8 Å². The number of benzene rings is 5. The predicted octanol–water partition coefficient (Wildman–Crippen LogP) is 12.5. The quantitative estimate of drug-likeness (QED) is 0.0629. The number of carbonyl (C=O) groups is 5. The van der Waals surface area contributed by atoms with Crippen molar-refractivity contribution in [1.29, 1.82) is 0 Å². The molecule has 90 heavy (non-hydrogen) atoms. The van der Waals surface area contributed by atoms with Crippen LogP contribution in [-0.2, 0) is 38.3 Å². The second-order valence-corrected chi connectivity index (χ2v) is 28.1. The summed E-state index contributed by atoms with van der Waals surface area (Å²) in [6, 6.07) is 38.8. The lowest BCUT2D eigenvalue weighted by Crippen LogP contribution is -2.57. The van der Waals surface area contributed by atoms with Gasteiger partial charge in [0.25, 0.3) is 11.8 Å². The molecule has 8 aromatic rings. The third-order valence-corrected chi connectivity index (χ3v) is 20.6. The number of aromatic nitrogens is 3. The average Bonchev–Trinajstić information content (AvgIpc) is 1.20. The topological polar surface area (TPSA) is 202 Å². The Morgan fingerprint density at radius 3 is 2.19 bits per heavy atom. The summed E-state index contributed by atoms with van der Waals surface area (Å²) in [5.74, 6) is -0.551. The van der Waals surface area contributed by atoms with E-state index in [1.54, 1.807) is 23.5 Å². The number of piperidine rings is 1. The van der Waals surface area contributed by atoms with E-state index >= 15 is 0 Å². The molecule has 4 unspecified atom stereocenters. The first-order valence-corrected chi connectivity index (χ1v) is 33.8. The molecule has 3 aliphatic heterocycles. The van der Waals surface area contributed by atoms with Crippen molar-refractivity contribution in [3.63, 3.8) is 0 Å². The largest absolute Gasteiger partial charge is 0.372 e. The highest BCUT2D eigenvalue weighted by Gasteiger charge is 2.40. The van der Waals surface area contributed by atoms with Gasteiger partial charge in [-0.15, -0.1) is 11.3 Å². The number of hydrogen-bond acceptors (Lipinski definition) is 14. The van der Waals surface area contributed by atoms with E-state index in [0.717, 1.165) is 80.9 Å². The first kappa shape index (κ1) is 64.6. The van der Waals surface area contributed by atoms with E-state index in [1.807, 2.05) is 144 Å². The molecule has 4 atom stereocenters. The van der Waals surface area contributed by atoms with Crippen LogP contribution >= 0.6 is 22.7 Å². The molecule has 17 nitrogen and oxygen atoms in total. The van der Waals surface area contributed by atoms with E-state index < -0.39 is 28.3 Å². The summed E-state index contributed by atoms with van der Waals surface area (Å²) in [6.07, 6.45) is 4.63.